The molecule has 0 aromatic rings. The van der Waals surface area contributed by atoms with Crippen molar-refractivity contribution in [3.05, 3.63) is 0 Å². The van der Waals surface area contributed by atoms with Crippen LogP contribution < -0.4 is 0 Å². The van der Waals surface area contributed by atoms with Crippen molar-refractivity contribution in [2.45, 2.75) is 13.8 Å². The number of hydrogen-bond acceptors (Lipinski definition) is 5. The highest BCUT2D eigenvalue weighted by Crippen LogP contribution is 2.05. The van der Waals surface area contributed by atoms with E-state index >= 15 is 0 Å². The molecule has 0 aliphatic carbocycles. The van der Waals surface area contributed by atoms with Gasteiger partial charge in [0.15, 0.2) is 0 Å². The maximum atomic E-state index is 11.1. The van der Waals surface area contributed by atoms with Crippen molar-refractivity contribution in [1.29, 1.82) is 0 Å². The van der Waals surface area contributed by atoms with Crippen molar-refractivity contribution in [2.24, 2.45) is 0 Å². The van der Waals surface area contributed by atoms with E-state index in [9.17, 15) is 8.42 Å². The molecule has 1 saturated heterocycles. The summed E-state index contributed by atoms with van der Waals surface area (Å²) in [6.07, 6.45) is 0. The maximum absolute atomic E-state index is 11.1. The molecule has 0 aromatic carbocycles. The van der Waals surface area contributed by atoms with Crippen molar-refractivity contribution in [1.82, 2.24) is 9.96 Å². The first-order valence-electron chi connectivity index (χ1n) is 4.97. The molecule has 0 N–H and O–H groups in total. The third-order valence-electron chi connectivity index (χ3n) is 2.35. The average molecular weight is 222 g/mol. The van der Waals surface area contributed by atoms with Crippen LogP contribution in [0.15, 0.2) is 0 Å². The molecular weight excluding hydrogens is 204 g/mol. The summed E-state index contributed by atoms with van der Waals surface area (Å²) in [6, 6.07) is 0. The van der Waals surface area contributed by atoms with Gasteiger partial charge in [-0.05, 0) is 13.5 Å². The lowest BCUT2D eigenvalue weighted by Gasteiger charge is -2.32. The van der Waals surface area contributed by atoms with Gasteiger partial charge in [-0.25, -0.2) is 0 Å². The van der Waals surface area contributed by atoms with Gasteiger partial charge >= 0.3 is 0 Å². The Morgan fingerprint density at radius 3 is 2.14 bits per heavy atom. The number of piperazine rings is 1. The van der Waals surface area contributed by atoms with Crippen LogP contribution in [-0.2, 0) is 14.4 Å². The molecule has 0 aromatic heterocycles. The molecule has 1 aliphatic heterocycles. The lowest BCUT2D eigenvalue weighted by atomic mass is 10.4. The molecule has 0 saturated carbocycles. The summed E-state index contributed by atoms with van der Waals surface area (Å²) in [5.74, 6) is 0.0288. The van der Waals surface area contributed by atoms with E-state index in [2.05, 4.69) is 11.8 Å². The minimum Gasteiger partial charge on any atom is -0.301 e. The monoisotopic (exact) mass is 222 g/mol. The predicted molar refractivity (Wildman–Crippen MR) is 54.2 cm³/mol. The molecule has 1 heterocycles. The first kappa shape index (κ1) is 11.9. The lowest BCUT2D eigenvalue weighted by Crippen LogP contribution is -2.46. The second-order valence-electron chi connectivity index (χ2n) is 3.28. The largest absolute Gasteiger partial charge is 0.301 e. The Hall–Kier alpha value is -0.170. The molecule has 0 amide bonds. The van der Waals surface area contributed by atoms with Crippen LogP contribution in [0, 0.1) is 0 Å². The SMILES string of the molecule is CCN1CCN(OS(=O)(=O)CC)CC1. The molecule has 1 fully saturated rings. The summed E-state index contributed by atoms with van der Waals surface area (Å²) in [7, 11) is -3.34. The van der Waals surface area contributed by atoms with Gasteiger partial charge in [-0.1, -0.05) is 6.92 Å². The Morgan fingerprint density at radius 1 is 1.14 bits per heavy atom. The molecule has 1 rings (SSSR count). The van der Waals surface area contributed by atoms with E-state index in [1.54, 1.807) is 6.92 Å². The fraction of sp³-hybridized carbons (Fsp3) is 1.00. The molecule has 1 aliphatic rings. The van der Waals surface area contributed by atoms with Crippen LogP contribution >= 0.6 is 0 Å². The molecule has 0 atom stereocenters. The van der Waals surface area contributed by atoms with E-state index in [1.807, 2.05) is 0 Å². The van der Waals surface area contributed by atoms with E-state index in [0.717, 1.165) is 19.6 Å². The number of hydroxylamine groups is 2. The van der Waals surface area contributed by atoms with E-state index in [-0.39, 0.29) is 5.75 Å². The third kappa shape index (κ3) is 3.53. The Balaban J connectivity index is 2.36. The van der Waals surface area contributed by atoms with Crippen molar-refractivity contribution >= 4 is 10.1 Å². The quantitative estimate of drug-likeness (QED) is 0.665. The number of rotatable bonds is 4. The zero-order chi connectivity index (χ0) is 10.6. The zero-order valence-electron chi connectivity index (χ0n) is 8.77. The molecule has 0 bridgehead atoms. The van der Waals surface area contributed by atoms with Crippen LogP contribution in [0.1, 0.15) is 13.8 Å². The Kier molecular flexibility index (Phi) is 4.31. The van der Waals surface area contributed by atoms with Gasteiger partial charge in [-0.3, -0.25) is 0 Å². The van der Waals surface area contributed by atoms with E-state index in [4.69, 9.17) is 4.28 Å². The fourth-order valence-corrected chi connectivity index (χ4v) is 1.91. The second-order valence-corrected chi connectivity index (χ2v) is 5.13. The Bertz CT molecular complexity index is 258. The Labute approximate surface area is 85.7 Å². The molecule has 14 heavy (non-hydrogen) atoms. The number of nitrogens with zero attached hydrogens (tertiary/aromatic N) is 2. The van der Waals surface area contributed by atoms with E-state index in [1.165, 1.54) is 5.06 Å². The van der Waals surface area contributed by atoms with Crippen LogP contribution in [0.25, 0.3) is 0 Å². The molecule has 0 unspecified atom stereocenters. The third-order valence-corrected chi connectivity index (χ3v) is 3.50. The van der Waals surface area contributed by atoms with Gasteiger partial charge in [0.1, 0.15) is 0 Å². The topological polar surface area (TPSA) is 49.9 Å². The molecule has 84 valence electrons. The summed E-state index contributed by atoms with van der Waals surface area (Å²) >= 11 is 0. The van der Waals surface area contributed by atoms with Gasteiger partial charge in [0.2, 0.25) is 0 Å². The van der Waals surface area contributed by atoms with Gasteiger partial charge < -0.3 is 4.90 Å². The Morgan fingerprint density at radius 2 is 1.71 bits per heavy atom. The zero-order valence-corrected chi connectivity index (χ0v) is 9.59. The summed E-state index contributed by atoms with van der Waals surface area (Å²) < 4.78 is 27.2. The highest BCUT2D eigenvalue weighted by atomic mass is 32.2. The lowest BCUT2D eigenvalue weighted by molar-refractivity contribution is -0.0817. The minimum atomic E-state index is -3.34. The molecular formula is C8H18N2O3S. The van der Waals surface area contributed by atoms with Crippen LogP contribution in [0.2, 0.25) is 0 Å². The van der Waals surface area contributed by atoms with E-state index in [0.29, 0.717) is 13.1 Å². The summed E-state index contributed by atoms with van der Waals surface area (Å²) in [6.45, 7) is 7.75. The number of likely N-dealkylation sites (N-methyl/N-ethyl adjacent to an activating group) is 1. The second kappa shape index (κ2) is 5.06. The molecule has 0 radical (unpaired) electrons. The number of hydrogen-bond donors (Lipinski definition) is 0. The maximum Gasteiger partial charge on any atom is 0.283 e. The van der Waals surface area contributed by atoms with Crippen molar-refractivity contribution < 1.29 is 12.7 Å². The smallest absolute Gasteiger partial charge is 0.283 e. The van der Waals surface area contributed by atoms with Gasteiger partial charge in [-0.15, -0.1) is 0 Å². The van der Waals surface area contributed by atoms with Crippen LogP contribution in [0.4, 0.5) is 0 Å². The van der Waals surface area contributed by atoms with Gasteiger partial charge in [0.05, 0.1) is 5.75 Å². The average Bonchev–Trinajstić information content (AvgIpc) is 2.19. The highest BCUT2D eigenvalue weighted by Gasteiger charge is 2.20. The highest BCUT2D eigenvalue weighted by molar-refractivity contribution is 7.86. The van der Waals surface area contributed by atoms with Crippen molar-refractivity contribution in [3.8, 4) is 0 Å². The van der Waals surface area contributed by atoms with Gasteiger partial charge in [0.25, 0.3) is 10.1 Å². The van der Waals surface area contributed by atoms with Crippen molar-refractivity contribution in [3.63, 3.8) is 0 Å². The van der Waals surface area contributed by atoms with Crippen LogP contribution in [0.5, 0.6) is 0 Å². The van der Waals surface area contributed by atoms with Gasteiger partial charge in [0, 0.05) is 26.2 Å². The van der Waals surface area contributed by atoms with Gasteiger partial charge in [-0.2, -0.15) is 17.8 Å². The fourth-order valence-electron chi connectivity index (χ4n) is 1.33. The predicted octanol–water partition coefficient (Wildman–Crippen LogP) is -0.0948. The first-order valence-corrected chi connectivity index (χ1v) is 6.54. The molecule has 0 spiro atoms. The van der Waals surface area contributed by atoms with Crippen molar-refractivity contribution in [2.75, 3.05) is 38.5 Å². The minimum absolute atomic E-state index is 0.0288. The molecule has 6 heteroatoms. The summed E-state index contributed by atoms with van der Waals surface area (Å²) in [4.78, 5) is 2.26. The normalized spacial score (nSPS) is 21.3. The van der Waals surface area contributed by atoms with E-state index < -0.39 is 10.1 Å². The summed E-state index contributed by atoms with van der Waals surface area (Å²) in [5.41, 5.74) is 0. The van der Waals surface area contributed by atoms with Crippen LogP contribution in [-0.4, -0.2) is 56.9 Å². The first-order chi connectivity index (χ1) is 6.57. The molecule has 5 nitrogen and oxygen atoms in total. The van der Waals surface area contributed by atoms with Crippen LogP contribution in [0.3, 0.4) is 0 Å². The standard InChI is InChI=1S/C8H18N2O3S/c1-3-9-5-7-10(8-6-9)13-14(11,12)4-2/h3-8H2,1-2H3. The summed E-state index contributed by atoms with van der Waals surface area (Å²) in [5, 5.41) is 1.53.